The molecule has 1 saturated carbocycles. The minimum absolute atomic E-state index is 0.446. The Hall–Kier alpha value is -1.49. The Morgan fingerprint density at radius 2 is 2.00 bits per heavy atom. The van der Waals surface area contributed by atoms with E-state index in [0.717, 1.165) is 25.1 Å². The Bertz CT molecular complexity index is 587. The van der Waals surface area contributed by atoms with Crippen LogP contribution in [0.2, 0.25) is 0 Å². The summed E-state index contributed by atoms with van der Waals surface area (Å²) in [5, 5.41) is 0. The van der Waals surface area contributed by atoms with Crippen LogP contribution in [0.4, 0.5) is 8.78 Å². The number of aromatic nitrogens is 2. The van der Waals surface area contributed by atoms with Crippen LogP contribution >= 0.6 is 0 Å². The molecule has 0 radical (unpaired) electrons. The van der Waals surface area contributed by atoms with Gasteiger partial charge in [-0.3, -0.25) is 0 Å². The quantitative estimate of drug-likeness (QED) is 0.907. The highest BCUT2D eigenvalue weighted by Crippen LogP contribution is 2.40. The third-order valence-electron chi connectivity index (χ3n) is 3.35. The molecule has 0 amide bonds. The van der Waals surface area contributed by atoms with Gasteiger partial charge in [-0.15, -0.1) is 0 Å². The summed E-state index contributed by atoms with van der Waals surface area (Å²) in [6, 6.07) is 2.41. The number of nitrogens with zero attached hydrogens (tertiary/aromatic N) is 2. The third-order valence-corrected chi connectivity index (χ3v) is 3.35. The van der Waals surface area contributed by atoms with Crippen LogP contribution < -0.4 is 5.73 Å². The molecule has 1 aromatic heterocycles. The van der Waals surface area contributed by atoms with Crippen LogP contribution in [0.3, 0.4) is 0 Å². The van der Waals surface area contributed by atoms with E-state index >= 15 is 0 Å². The van der Waals surface area contributed by atoms with Crippen molar-refractivity contribution in [2.75, 3.05) is 6.54 Å². The van der Waals surface area contributed by atoms with Gasteiger partial charge in [0.05, 0.1) is 11.0 Å². The molecule has 0 aliphatic heterocycles. The predicted molar refractivity (Wildman–Crippen MR) is 65.3 cm³/mol. The van der Waals surface area contributed by atoms with Gasteiger partial charge in [-0.2, -0.15) is 0 Å². The van der Waals surface area contributed by atoms with Gasteiger partial charge in [0, 0.05) is 24.6 Å². The van der Waals surface area contributed by atoms with Crippen LogP contribution in [0.15, 0.2) is 12.1 Å². The molecule has 1 aromatic carbocycles. The van der Waals surface area contributed by atoms with E-state index in [1.165, 1.54) is 12.1 Å². The Balaban J connectivity index is 2.14. The molecule has 1 heterocycles. The van der Waals surface area contributed by atoms with Crippen molar-refractivity contribution in [3.05, 3.63) is 29.6 Å². The molecule has 0 bridgehead atoms. The molecular formula is C13H15F2N3. The molecule has 96 valence electrons. The molecule has 0 spiro atoms. The molecule has 0 saturated heterocycles. The van der Waals surface area contributed by atoms with Crippen LogP contribution in [0.5, 0.6) is 0 Å². The molecule has 2 N–H and O–H groups in total. The lowest BCUT2D eigenvalue weighted by molar-refractivity contribution is 0.510. The molecule has 3 rings (SSSR count). The van der Waals surface area contributed by atoms with Gasteiger partial charge in [0.15, 0.2) is 11.6 Å². The van der Waals surface area contributed by atoms with Gasteiger partial charge in [0.25, 0.3) is 0 Å². The Kier molecular flexibility index (Phi) is 2.78. The van der Waals surface area contributed by atoms with E-state index in [4.69, 9.17) is 5.73 Å². The lowest BCUT2D eigenvalue weighted by Gasteiger charge is -2.07. The molecule has 18 heavy (non-hydrogen) atoms. The summed E-state index contributed by atoms with van der Waals surface area (Å²) in [4.78, 5) is 4.45. The van der Waals surface area contributed by atoms with E-state index in [0.29, 0.717) is 30.0 Å². The number of halogens is 2. The van der Waals surface area contributed by atoms with E-state index in [1.807, 2.05) is 4.57 Å². The van der Waals surface area contributed by atoms with Crippen molar-refractivity contribution < 1.29 is 8.78 Å². The standard InChI is InChI=1S/C13H15F2N3/c14-9-6-11-12(7-10(9)15)18(5-1-4-16)13(17-11)8-2-3-8/h6-8H,1-5,16H2. The molecule has 0 atom stereocenters. The SMILES string of the molecule is NCCCn1c(C2CC2)nc2cc(F)c(F)cc21. The first-order valence-corrected chi connectivity index (χ1v) is 6.26. The van der Waals surface area contributed by atoms with E-state index in [1.54, 1.807) is 0 Å². The van der Waals surface area contributed by atoms with Gasteiger partial charge >= 0.3 is 0 Å². The zero-order valence-corrected chi connectivity index (χ0v) is 10.00. The summed E-state index contributed by atoms with van der Waals surface area (Å²) in [5.74, 6) is -0.267. The number of imidazole rings is 1. The first-order chi connectivity index (χ1) is 8.70. The second kappa shape index (κ2) is 4.31. The largest absolute Gasteiger partial charge is 0.330 e. The van der Waals surface area contributed by atoms with Crippen molar-refractivity contribution in [1.29, 1.82) is 0 Å². The van der Waals surface area contributed by atoms with Gasteiger partial charge in [-0.25, -0.2) is 13.8 Å². The Morgan fingerprint density at radius 1 is 1.28 bits per heavy atom. The van der Waals surface area contributed by atoms with Crippen molar-refractivity contribution in [2.24, 2.45) is 5.73 Å². The summed E-state index contributed by atoms with van der Waals surface area (Å²) in [6.07, 6.45) is 3.03. The maximum absolute atomic E-state index is 13.3. The normalized spacial score (nSPS) is 15.5. The summed E-state index contributed by atoms with van der Waals surface area (Å²) in [6.45, 7) is 1.29. The Morgan fingerprint density at radius 3 is 2.67 bits per heavy atom. The van der Waals surface area contributed by atoms with Crippen LogP contribution in [0, 0.1) is 11.6 Å². The predicted octanol–water partition coefficient (Wildman–Crippen LogP) is 2.54. The summed E-state index contributed by atoms with van der Waals surface area (Å²) < 4.78 is 28.5. The van der Waals surface area contributed by atoms with E-state index in [2.05, 4.69) is 4.98 Å². The fourth-order valence-electron chi connectivity index (χ4n) is 2.28. The zero-order valence-electron chi connectivity index (χ0n) is 10.00. The number of rotatable bonds is 4. The maximum Gasteiger partial charge on any atom is 0.161 e. The van der Waals surface area contributed by atoms with Crippen LogP contribution in [0.1, 0.15) is 31.0 Å². The molecule has 5 heteroatoms. The van der Waals surface area contributed by atoms with E-state index in [-0.39, 0.29) is 0 Å². The smallest absolute Gasteiger partial charge is 0.161 e. The van der Waals surface area contributed by atoms with Gasteiger partial charge in [-0.1, -0.05) is 0 Å². The zero-order chi connectivity index (χ0) is 12.7. The number of aryl methyl sites for hydroxylation is 1. The van der Waals surface area contributed by atoms with Crippen LogP contribution in [0.25, 0.3) is 11.0 Å². The van der Waals surface area contributed by atoms with Gasteiger partial charge in [0.2, 0.25) is 0 Å². The monoisotopic (exact) mass is 251 g/mol. The fraction of sp³-hybridized carbons (Fsp3) is 0.462. The number of hydrogen-bond acceptors (Lipinski definition) is 2. The summed E-state index contributed by atoms with van der Waals surface area (Å²) in [7, 11) is 0. The van der Waals surface area contributed by atoms with Crippen molar-refractivity contribution in [3.63, 3.8) is 0 Å². The van der Waals surface area contributed by atoms with Crippen molar-refractivity contribution >= 4 is 11.0 Å². The lowest BCUT2D eigenvalue weighted by Crippen LogP contribution is -2.08. The minimum Gasteiger partial charge on any atom is -0.330 e. The average molecular weight is 251 g/mol. The first kappa shape index (κ1) is 11.6. The van der Waals surface area contributed by atoms with Gasteiger partial charge < -0.3 is 10.3 Å². The van der Waals surface area contributed by atoms with Gasteiger partial charge in [0.1, 0.15) is 5.82 Å². The van der Waals surface area contributed by atoms with Crippen molar-refractivity contribution in [3.8, 4) is 0 Å². The molecule has 0 unspecified atom stereocenters. The fourth-order valence-corrected chi connectivity index (χ4v) is 2.28. The second-order valence-corrected chi connectivity index (χ2v) is 4.79. The molecule has 2 aromatic rings. The maximum atomic E-state index is 13.3. The Labute approximate surface area is 104 Å². The molecular weight excluding hydrogens is 236 g/mol. The summed E-state index contributed by atoms with van der Waals surface area (Å²) >= 11 is 0. The first-order valence-electron chi connectivity index (χ1n) is 6.26. The van der Waals surface area contributed by atoms with Gasteiger partial charge in [-0.05, 0) is 25.8 Å². The van der Waals surface area contributed by atoms with Crippen molar-refractivity contribution in [2.45, 2.75) is 31.7 Å². The number of nitrogens with two attached hydrogens (primary N) is 1. The topological polar surface area (TPSA) is 43.8 Å². The third kappa shape index (κ3) is 1.88. The number of fused-ring (bicyclic) bond motifs is 1. The van der Waals surface area contributed by atoms with Crippen molar-refractivity contribution in [1.82, 2.24) is 9.55 Å². The van der Waals surface area contributed by atoms with E-state index in [9.17, 15) is 8.78 Å². The highest BCUT2D eigenvalue weighted by Gasteiger charge is 2.29. The average Bonchev–Trinajstić information content (AvgIpc) is 3.13. The number of benzene rings is 1. The van der Waals surface area contributed by atoms with E-state index < -0.39 is 11.6 Å². The highest BCUT2D eigenvalue weighted by atomic mass is 19.2. The second-order valence-electron chi connectivity index (χ2n) is 4.79. The summed E-state index contributed by atoms with van der Waals surface area (Å²) in [5.41, 5.74) is 6.72. The highest BCUT2D eigenvalue weighted by molar-refractivity contribution is 5.76. The molecule has 1 aliphatic carbocycles. The molecule has 3 nitrogen and oxygen atoms in total. The minimum atomic E-state index is -0.840. The lowest BCUT2D eigenvalue weighted by atomic mass is 10.3. The molecule has 1 aliphatic rings. The molecule has 1 fully saturated rings. The van der Waals surface area contributed by atoms with Crippen LogP contribution in [-0.4, -0.2) is 16.1 Å². The van der Waals surface area contributed by atoms with Crippen LogP contribution in [-0.2, 0) is 6.54 Å². The number of hydrogen-bond donors (Lipinski definition) is 1.